The van der Waals surface area contributed by atoms with Crippen molar-refractivity contribution >= 4 is 21.8 Å². The average Bonchev–Trinajstić information content (AvgIpc) is 2.32. The Bertz CT molecular complexity index is 426. The van der Waals surface area contributed by atoms with E-state index in [-0.39, 0.29) is 28.4 Å². The molecular formula is C14H20BrNO3. The number of nitrogens with one attached hydrogen (secondary N) is 1. The van der Waals surface area contributed by atoms with Crippen LogP contribution in [0.1, 0.15) is 37.0 Å². The zero-order valence-electron chi connectivity index (χ0n) is 11.2. The minimum Gasteiger partial charge on any atom is -0.508 e. The molecule has 5 heteroatoms. The number of hydrogen-bond acceptors (Lipinski definition) is 3. The van der Waals surface area contributed by atoms with Crippen molar-refractivity contribution in [1.29, 1.82) is 0 Å². The summed E-state index contributed by atoms with van der Waals surface area (Å²) in [5.74, 6) is -0.537. The number of amides is 1. The topological polar surface area (TPSA) is 69.6 Å². The van der Waals surface area contributed by atoms with Crippen LogP contribution in [0.5, 0.6) is 11.5 Å². The molecule has 0 bridgehead atoms. The van der Waals surface area contributed by atoms with Gasteiger partial charge in [0.1, 0.15) is 11.5 Å². The summed E-state index contributed by atoms with van der Waals surface area (Å²) in [5, 5.41) is 22.5. The van der Waals surface area contributed by atoms with E-state index in [4.69, 9.17) is 0 Å². The van der Waals surface area contributed by atoms with Crippen molar-refractivity contribution in [3.8, 4) is 11.5 Å². The summed E-state index contributed by atoms with van der Waals surface area (Å²) >= 11 is 3.39. The second kappa shape index (κ2) is 6.80. The van der Waals surface area contributed by atoms with Crippen molar-refractivity contribution in [2.75, 3.05) is 11.9 Å². The maximum atomic E-state index is 11.9. The van der Waals surface area contributed by atoms with E-state index in [1.165, 1.54) is 18.2 Å². The van der Waals surface area contributed by atoms with Gasteiger partial charge in [0.2, 0.25) is 0 Å². The number of aromatic hydroxyl groups is 2. The molecule has 0 aliphatic carbocycles. The molecule has 0 saturated heterocycles. The van der Waals surface area contributed by atoms with Gasteiger partial charge < -0.3 is 15.5 Å². The Balaban J connectivity index is 2.60. The molecule has 0 saturated carbocycles. The predicted octanol–water partition coefficient (Wildman–Crippen LogP) is 3.03. The van der Waals surface area contributed by atoms with Crippen LogP contribution in [-0.2, 0) is 0 Å². The van der Waals surface area contributed by atoms with Gasteiger partial charge in [-0.15, -0.1) is 0 Å². The van der Waals surface area contributed by atoms with E-state index < -0.39 is 0 Å². The molecule has 0 aliphatic rings. The third kappa shape index (κ3) is 5.51. The first-order valence-electron chi connectivity index (χ1n) is 6.21. The van der Waals surface area contributed by atoms with Crippen LogP contribution in [-0.4, -0.2) is 28.0 Å². The van der Waals surface area contributed by atoms with Crippen molar-refractivity contribution in [3.63, 3.8) is 0 Å². The van der Waals surface area contributed by atoms with Gasteiger partial charge in [0.15, 0.2) is 0 Å². The number of phenolic OH excluding ortho intramolecular Hbond substituents is 2. The number of hydrogen-bond donors (Lipinski definition) is 3. The molecule has 3 N–H and O–H groups in total. The SMILES string of the molecule is CC(C)(CCCBr)CNC(=O)c1cc(O)cc(O)c1. The van der Waals surface area contributed by atoms with Crippen LogP contribution in [0.3, 0.4) is 0 Å². The van der Waals surface area contributed by atoms with Gasteiger partial charge in [-0.1, -0.05) is 29.8 Å². The second-order valence-corrected chi connectivity index (χ2v) is 6.17. The molecule has 19 heavy (non-hydrogen) atoms. The van der Waals surface area contributed by atoms with E-state index in [2.05, 4.69) is 35.1 Å². The van der Waals surface area contributed by atoms with Gasteiger partial charge in [-0.05, 0) is 30.4 Å². The van der Waals surface area contributed by atoms with E-state index in [1.54, 1.807) is 0 Å². The quantitative estimate of drug-likeness (QED) is 0.702. The molecule has 0 fully saturated rings. The van der Waals surface area contributed by atoms with Crippen molar-refractivity contribution in [1.82, 2.24) is 5.32 Å². The molecule has 0 atom stereocenters. The predicted molar refractivity (Wildman–Crippen MR) is 78.9 cm³/mol. The number of carbonyl (C=O) groups excluding carboxylic acids is 1. The van der Waals surface area contributed by atoms with Crippen LogP contribution in [0.15, 0.2) is 18.2 Å². The maximum absolute atomic E-state index is 11.9. The van der Waals surface area contributed by atoms with E-state index >= 15 is 0 Å². The zero-order chi connectivity index (χ0) is 14.5. The molecule has 0 spiro atoms. The molecule has 0 unspecified atom stereocenters. The van der Waals surface area contributed by atoms with Crippen LogP contribution >= 0.6 is 15.9 Å². The smallest absolute Gasteiger partial charge is 0.251 e. The Hall–Kier alpha value is -1.23. The van der Waals surface area contributed by atoms with Gasteiger partial charge in [0.05, 0.1) is 0 Å². The van der Waals surface area contributed by atoms with Crippen LogP contribution in [0.25, 0.3) is 0 Å². The highest BCUT2D eigenvalue weighted by Crippen LogP contribution is 2.23. The lowest BCUT2D eigenvalue weighted by atomic mass is 9.88. The summed E-state index contributed by atoms with van der Waals surface area (Å²) in [4.78, 5) is 11.9. The molecule has 1 aromatic carbocycles. The van der Waals surface area contributed by atoms with Crippen molar-refractivity contribution in [2.45, 2.75) is 26.7 Å². The van der Waals surface area contributed by atoms with Gasteiger partial charge in [-0.3, -0.25) is 4.79 Å². The maximum Gasteiger partial charge on any atom is 0.251 e. The summed E-state index contributed by atoms with van der Waals surface area (Å²) in [7, 11) is 0. The molecule has 0 radical (unpaired) electrons. The molecule has 106 valence electrons. The molecule has 4 nitrogen and oxygen atoms in total. The lowest BCUT2D eigenvalue weighted by Crippen LogP contribution is -2.34. The number of alkyl halides is 1. The first-order valence-corrected chi connectivity index (χ1v) is 7.33. The number of phenols is 2. The highest BCUT2D eigenvalue weighted by Gasteiger charge is 2.19. The lowest BCUT2D eigenvalue weighted by Gasteiger charge is -2.24. The molecule has 0 heterocycles. The molecule has 1 amide bonds. The van der Waals surface area contributed by atoms with Crippen LogP contribution < -0.4 is 5.32 Å². The standard InChI is InChI=1S/C14H20BrNO3/c1-14(2,4-3-5-15)9-16-13(19)10-6-11(17)8-12(18)7-10/h6-8,17-18H,3-5,9H2,1-2H3,(H,16,19). The minimum atomic E-state index is -0.293. The second-order valence-electron chi connectivity index (χ2n) is 5.38. The van der Waals surface area contributed by atoms with Crippen LogP contribution in [0, 0.1) is 5.41 Å². The van der Waals surface area contributed by atoms with Gasteiger partial charge >= 0.3 is 0 Å². The Labute approximate surface area is 122 Å². The molecule has 0 aromatic heterocycles. The molecular weight excluding hydrogens is 310 g/mol. The molecule has 0 aliphatic heterocycles. The zero-order valence-corrected chi connectivity index (χ0v) is 12.8. The summed E-state index contributed by atoms with van der Waals surface area (Å²) in [6, 6.07) is 3.86. The minimum absolute atomic E-state index is 0.0162. The third-order valence-corrected chi connectivity index (χ3v) is 3.44. The number of rotatable bonds is 6. The van der Waals surface area contributed by atoms with E-state index in [1.807, 2.05) is 0 Å². The normalized spacial score (nSPS) is 11.3. The van der Waals surface area contributed by atoms with E-state index in [0.29, 0.717) is 6.54 Å². The van der Waals surface area contributed by atoms with Crippen LogP contribution in [0.2, 0.25) is 0 Å². The molecule has 1 rings (SSSR count). The van der Waals surface area contributed by atoms with Crippen LogP contribution in [0.4, 0.5) is 0 Å². The monoisotopic (exact) mass is 329 g/mol. The summed E-state index contributed by atoms with van der Waals surface area (Å²) < 4.78 is 0. The molecule has 1 aromatic rings. The summed E-state index contributed by atoms with van der Waals surface area (Å²) in [5.41, 5.74) is 0.274. The first kappa shape index (κ1) is 15.8. The number of halogens is 1. The van der Waals surface area contributed by atoms with Crippen molar-refractivity contribution in [2.24, 2.45) is 5.41 Å². The largest absolute Gasteiger partial charge is 0.508 e. The van der Waals surface area contributed by atoms with Gasteiger partial charge in [0.25, 0.3) is 5.91 Å². The summed E-state index contributed by atoms with van der Waals surface area (Å²) in [6.07, 6.45) is 2.06. The van der Waals surface area contributed by atoms with E-state index in [0.717, 1.165) is 18.2 Å². The Morgan fingerprint density at radius 1 is 1.26 bits per heavy atom. The number of carbonyl (C=O) groups is 1. The Morgan fingerprint density at radius 2 is 1.84 bits per heavy atom. The highest BCUT2D eigenvalue weighted by atomic mass is 79.9. The highest BCUT2D eigenvalue weighted by molar-refractivity contribution is 9.09. The Kier molecular flexibility index (Phi) is 5.66. The summed E-state index contributed by atoms with van der Waals surface area (Å²) in [6.45, 7) is 4.74. The lowest BCUT2D eigenvalue weighted by molar-refractivity contribution is 0.0933. The average molecular weight is 330 g/mol. The fraction of sp³-hybridized carbons (Fsp3) is 0.500. The van der Waals surface area contributed by atoms with Crippen molar-refractivity contribution < 1.29 is 15.0 Å². The Morgan fingerprint density at radius 3 is 2.37 bits per heavy atom. The van der Waals surface area contributed by atoms with Gasteiger partial charge in [-0.2, -0.15) is 0 Å². The van der Waals surface area contributed by atoms with Gasteiger partial charge in [0, 0.05) is 23.5 Å². The fourth-order valence-corrected chi connectivity index (χ4v) is 2.06. The fourth-order valence-electron chi connectivity index (χ4n) is 1.78. The van der Waals surface area contributed by atoms with Crippen molar-refractivity contribution in [3.05, 3.63) is 23.8 Å². The first-order chi connectivity index (χ1) is 8.84. The van der Waals surface area contributed by atoms with E-state index in [9.17, 15) is 15.0 Å². The van der Waals surface area contributed by atoms with Gasteiger partial charge in [-0.25, -0.2) is 0 Å². The third-order valence-electron chi connectivity index (χ3n) is 2.88. The number of benzene rings is 1.